The van der Waals surface area contributed by atoms with E-state index in [-0.39, 0.29) is 22.5 Å². The van der Waals surface area contributed by atoms with Crippen molar-refractivity contribution in [3.8, 4) is 11.1 Å². The number of fused-ring (bicyclic) bond motifs is 3. The number of alkyl halides is 6. The van der Waals surface area contributed by atoms with Crippen molar-refractivity contribution in [1.29, 1.82) is 0 Å². The van der Waals surface area contributed by atoms with Gasteiger partial charge in [0, 0.05) is 22.5 Å². The lowest BCUT2D eigenvalue weighted by atomic mass is 10.1. The van der Waals surface area contributed by atoms with Crippen LogP contribution >= 0.6 is 0 Å². The Morgan fingerprint density at radius 1 is 0.500 bits per heavy atom. The van der Waals surface area contributed by atoms with Crippen LogP contribution in [0.5, 0.6) is 0 Å². The minimum Gasteiger partial charge on any atom is -0.289 e. The van der Waals surface area contributed by atoms with Crippen LogP contribution in [0.4, 0.5) is 37.7 Å². The second-order valence-corrected chi connectivity index (χ2v) is 12.5. The van der Waals surface area contributed by atoms with E-state index in [2.05, 4.69) is 9.44 Å². The lowest BCUT2D eigenvalue weighted by Gasteiger charge is -2.12. The maximum Gasteiger partial charge on any atom is 0.416 e. The maximum absolute atomic E-state index is 13.2. The van der Waals surface area contributed by atoms with Crippen LogP contribution < -0.4 is 9.44 Å². The van der Waals surface area contributed by atoms with Gasteiger partial charge in [-0.1, -0.05) is 24.3 Å². The zero-order valence-corrected chi connectivity index (χ0v) is 22.3. The molecule has 0 radical (unpaired) electrons. The first kappa shape index (κ1) is 29.1. The number of nitrogens with one attached hydrogen (secondary N) is 2. The predicted molar refractivity (Wildman–Crippen MR) is 140 cm³/mol. The number of anilines is 2. The van der Waals surface area contributed by atoms with Gasteiger partial charge < -0.3 is 0 Å². The molecule has 4 aromatic carbocycles. The number of hydrogen-bond acceptors (Lipinski definition) is 5. The number of benzene rings is 4. The summed E-state index contributed by atoms with van der Waals surface area (Å²) < 4.78 is 134. The normalized spacial score (nSPS) is 13.4. The smallest absolute Gasteiger partial charge is 0.289 e. The molecule has 0 atom stereocenters. The van der Waals surface area contributed by atoms with Crippen LogP contribution in [0, 0.1) is 0 Å². The Bertz CT molecular complexity index is 1830. The summed E-state index contributed by atoms with van der Waals surface area (Å²) >= 11 is 0. The second kappa shape index (κ2) is 9.87. The van der Waals surface area contributed by atoms with Gasteiger partial charge >= 0.3 is 12.4 Å². The summed E-state index contributed by atoms with van der Waals surface area (Å²) in [6.07, 6.45) is -9.53. The van der Waals surface area contributed by atoms with Crippen molar-refractivity contribution in [3.05, 3.63) is 107 Å². The molecule has 0 bridgehead atoms. The van der Waals surface area contributed by atoms with Crippen LogP contribution in [0.1, 0.15) is 27.0 Å². The molecule has 0 fully saturated rings. The fraction of sp³-hybridized carbons (Fsp3) is 0.0741. The fourth-order valence-corrected chi connectivity index (χ4v) is 6.50. The van der Waals surface area contributed by atoms with Crippen molar-refractivity contribution in [2.24, 2.45) is 0 Å². The SMILES string of the molecule is O=C1c2cc(NS(=O)(=O)c3cccc(C(F)(F)F)c3)ccc2-c2ccc(NS(=O)(=O)c3cccc(C(F)(F)F)c3)cc21. The van der Waals surface area contributed by atoms with Gasteiger partial charge in [0.05, 0.1) is 20.9 Å². The molecule has 7 nitrogen and oxygen atoms in total. The Labute approximate surface area is 234 Å². The molecule has 0 saturated carbocycles. The molecule has 15 heteroatoms. The van der Waals surface area contributed by atoms with Crippen molar-refractivity contribution in [3.63, 3.8) is 0 Å². The highest BCUT2D eigenvalue weighted by Crippen LogP contribution is 2.40. The van der Waals surface area contributed by atoms with Crippen LogP contribution in [-0.4, -0.2) is 22.6 Å². The van der Waals surface area contributed by atoms with E-state index in [4.69, 9.17) is 0 Å². The monoisotopic (exact) mass is 626 g/mol. The van der Waals surface area contributed by atoms with Gasteiger partial charge in [0.25, 0.3) is 20.0 Å². The number of sulfonamides is 2. The average molecular weight is 627 g/mol. The molecule has 0 spiro atoms. The molecular formula is C27H16F6N2O5S2. The molecule has 0 aliphatic heterocycles. The summed E-state index contributed by atoms with van der Waals surface area (Å²) in [4.78, 5) is 11.9. The first-order chi connectivity index (χ1) is 19.5. The minimum atomic E-state index is -4.77. The Balaban J connectivity index is 1.40. The van der Waals surface area contributed by atoms with Gasteiger partial charge in [-0.25, -0.2) is 16.8 Å². The molecule has 1 aliphatic rings. The van der Waals surface area contributed by atoms with E-state index >= 15 is 0 Å². The standard InChI is InChI=1S/C27H16F6N2O5S2/c28-26(29,30)15-3-1-5-19(11-15)41(37,38)34-17-7-9-21-22-10-8-18(14-24(22)25(36)23(21)13-17)35-42(39,40)20-6-2-4-16(12-20)27(31,32)33/h1-14,34-35H. The largest absolute Gasteiger partial charge is 0.416 e. The highest BCUT2D eigenvalue weighted by molar-refractivity contribution is 7.93. The summed E-state index contributed by atoms with van der Waals surface area (Å²) in [6, 6.07) is 14.0. The van der Waals surface area contributed by atoms with Gasteiger partial charge in [-0.15, -0.1) is 0 Å². The molecule has 0 heterocycles. The highest BCUT2D eigenvalue weighted by atomic mass is 32.2. The zero-order valence-electron chi connectivity index (χ0n) is 20.7. The van der Waals surface area contributed by atoms with Crippen molar-refractivity contribution in [2.45, 2.75) is 22.1 Å². The number of hydrogen-bond donors (Lipinski definition) is 2. The summed E-state index contributed by atoms with van der Waals surface area (Å²) in [5.74, 6) is -0.611. The maximum atomic E-state index is 13.2. The van der Waals surface area contributed by atoms with E-state index in [9.17, 15) is 48.0 Å². The van der Waals surface area contributed by atoms with E-state index in [0.29, 0.717) is 23.3 Å². The Kier molecular flexibility index (Phi) is 6.85. The summed E-state index contributed by atoms with van der Waals surface area (Å²) in [7, 11) is -8.95. The Morgan fingerprint density at radius 2 is 0.881 bits per heavy atom. The molecule has 218 valence electrons. The van der Waals surface area contributed by atoms with Crippen molar-refractivity contribution < 1.29 is 48.0 Å². The predicted octanol–water partition coefficient (Wildman–Crippen LogP) is 6.54. The number of rotatable bonds is 6. The van der Waals surface area contributed by atoms with Crippen molar-refractivity contribution in [1.82, 2.24) is 0 Å². The van der Waals surface area contributed by atoms with Gasteiger partial charge in [0.2, 0.25) is 0 Å². The molecule has 0 amide bonds. The van der Waals surface area contributed by atoms with Gasteiger partial charge in [0.1, 0.15) is 0 Å². The van der Waals surface area contributed by atoms with Gasteiger partial charge in [0.15, 0.2) is 5.78 Å². The van der Waals surface area contributed by atoms with Crippen molar-refractivity contribution >= 4 is 37.2 Å². The number of ketones is 1. The number of carbonyl (C=O) groups excluding carboxylic acids is 1. The van der Waals surface area contributed by atoms with Crippen LogP contribution in [-0.2, 0) is 32.4 Å². The van der Waals surface area contributed by atoms with E-state index in [1.54, 1.807) is 0 Å². The summed E-state index contributed by atoms with van der Waals surface area (Å²) in [6.45, 7) is 0. The van der Waals surface area contributed by atoms with Gasteiger partial charge in [-0.3, -0.25) is 14.2 Å². The Morgan fingerprint density at radius 3 is 1.24 bits per heavy atom. The molecule has 1 aliphatic carbocycles. The minimum absolute atomic E-state index is 0.0344. The lowest BCUT2D eigenvalue weighted by Crippen LogP contribution is -2.15. The molecular weight excluding hydrogens is 610 g/mol. The fourth-order valence-electron chi connectivity index (χ4n) is 4.31. The zero-order chi connectivity index (χ0) is 30.7. The molecule has 42 heavy (non-hydrogen) atoms. The van der Waals surface area contributed by atoms with E-state index in [1.165, 1.54) is 36.4 Å². The topological polar surface area (TPSA) is 109 Å². The molecule has 0 saturated heterocycles. The van der Waals surface area contributed by atoms with Crippen LogP contribution in [0.25, 0.3) is 11.1 Å². The molecule has 4 aromatic rings. The third-order valence-corrected chi connectivity index (χ3v) is 9.02. The second-order valence-electron chi connectivity index (χ2n) is 9.11. The van der Waals surface area contributed by atoms with Crippen LogP contribution in [0.15, 0.2) is 94.7 Å². The summed E-state index contributed by atoms with van der Waals surface area (Å²) in [5, 5.41) is 0. The number of carbonyl (C=O) groups is 1. The first-order valence-electron chi connectivity index (χ1n) is 11.7. The molecule has 0 aromatic heterocycles. The third kappa shape index (κ3) is 5.56. The van der Waals surface area contributed by atoms with Gasteiger partial charge in [-0.2, -0.15) is 26.3 Å². The Hall–Kier alpha value is -4.37. The van der Waals surface area contributed by atoms with Crippen LogP contribution in [0.2, 0.25) is 0 Å². The average Bonchev–Trinajstić information content (AvgIpc) is 3.18. The molecule has 5 rings (SSSR count). The quantitative estimate of drug-likeness (QED) is 0.208. The first-order valence-corrected chi connectivity index (χ1v) is 14.7. The van der Waals surface area contributed by atoms with Crippen molar-refractivity contribution in [2.75, 3.05) is 9.44 Å². The van der Waals surface area contributed by atoms with Crippen LogP contribution in [0.3, 0.4) is 0 Å². The van der Waals surface area contributed by atoms with E-state index in [0.717, 1.165) is 36.4 Å². The van der Waals surface area contributed by atoms with E-state index in [1.807, 2.05) is 0 Å². The lowest BCUT2D eigenvalue weighted by molar-refractivity contribution is -0.138. The third-order valence-electron chi connectivity index (χ3n) is 6.27. The highest BCUT2D eigenvalue weighted by Gasteiger charge is 2.33. The molecule has 0 unspecified atom stereocenters. The molecule has 2 N–H and O–H groups in total. The van der Waals surface area contributed by atoms with Gasteiger partial charge in [-0.05, 0) is 71.8 Å². The summed E-state index contributed by atoms with van der Waals surface area (Å²) in [5.41, 5.74) is -1.72. The number of halogens is 6. The van der Waals surface area contributed by atoms with E-state index < -0.39 is 59.1 Å².